The van der Waals surface area contributed by atoms with Gasteiger partial charge in [-0.3, -0.25) is 0 Å². The number of hydrogen-bond acceptors (Lipinski definition) is 1. The first-order valence-electron chi connectivity index (χ1n) is 4.84. The van der Waals surface area contributed by atoms with E-state index >= 15 is 0 Å². The maximum Gasteiger partial charge on any atom is 0.124 e. The van der Waals surface area contributed by atoms with Crippen molar-refractivity contribution in [3.8, 4) is 0 Å². The Morgan fingerprint density at radius 1 is 1.18 bits per heavy atom. The molecule has 0 aliphatic heterocycles. The molecule has 0 saturated carbocycles. The van der Waals surface area contributed by atoms with Gasteiger partial charge in [-0.05, 0) is 46.6 Å². The van der Waals surface area contributed by atoms with Crippen LogP contribution in [0.2, 0.25) is 0 Å². The standard InChI is InChI=1S/C12H8Br3FS/c1-6-9(13)5-11(17-6)12(15)8-3-2-7(16)4-10(8)14/h2-5,12H,1H3. The van der Waals surface area contributed by atoms with Gasteiger partial charge in [-0.1, -0.05) is 37.9 Å². The Morgan fingerprint density at radius 2 is 1.88 bits per heavy atom. The zero-order valence-corrected chi connectivity index (χ0v) is 14.4. The van der Waals surface area contributed by atoms with Gasteiger partial charge in [-0.25, -0.2) is 4.39 Å². The van der Waals surface area contributed by atoms with E-state index in [1.54, 1.807) is 17.4 Å². The molecule has 0 N–H and O–H groups in total. The van der Waals surface area contributed by atoms with Gasteiger partial charge in [0.1, 0.15) is 5.82 Å². The van der Waals surface area contributed by atoms with E-state index in [0.717, 1.165) is 14.5 Å². The maximum absolute atomic E-state index is 13.0. The molecule has 1 heterocycles. The van der Waals surface area contributed by atoms with E-state index in [1.165, 1.54) is 21.9 Å². The lowest BCUT2D eigenvalue weighted by Gasteiger charge is -2.10. The van der Waals surface area contributed by atoms with Crippen LogP contribution in [-0.4, -0.2) is 0 Å². The number of hydrogen-bond donors (Lipinski definition) is 0. The van der Waals surface area contributed by atoms with Crippen molar-refractivity contribution in [2.24, 2.45) is 0 Å². The predicted molar refractivity (Wildman–Crippen MR) is 81.6 cm³/mol. The van der Waals surface area contributed by atoms with Gasteiger partial charge in [-0.2, -0.15) is 0 Å². The third kappa shape index (κ3) is 3.00. The van der Waals surface area contributed by atoms with Crippen molar-refractivity contribution >= 4 is 59.1 Å². The van der Waals surface area contributed by atoms with Crippen molar-refractivity contribution in [3.05, 3.63) is 54.3 Å². The molecule has 1 atom stereocenters. The molecule has 0 aliphatic rings. The molecule has 0 bridgehead atoms. The molecule has 0 nitrogen and oxygen atoms in total. The highest BCUT2D eigenvalue weighted by Crippen LogP contribution is 2.41. The summed E-state index contributed by atoms with van der Waals surface area (Å²) < 4.78 is 14.9. The summed E-state index contributed by atoms with van der Waals surface area (Å²) in [4.78, 5) is 2.51. The Labute approximate surface area is 129 Å². The molecule has 0 saturated heterocycles. The first-order valence-corrected chi connectivity index (χ1v) is 8.15. The molecule has 0 spiro atoms. The lowest BCUT2D eigenvalue weighted by Crippen LogP contribution is -1.91. The first-order chi connectivity index (χ1) is 7.99. The average molecular weight is 443 g/mol. The summed E-state index contributed by atoms with van der Waals surface area (Å²) >= 11 is 12.3. The minimum absolute atomic E-state index is 0.0764. The normalized spacial score (nSPS) is 12.8. The molecule has 0 aliphatic carbocycles. The zero-order chi connectivity index (χ0) is 12.6. The van der Waals surface area contributed by atoms with Gasteiger partial charge < -0.3 is 0 Å². The molecular formula is C12H8Br3FS. The van der Waals surface area contributed by atoms with Crippen LogP contribution < -0.4 is 0 Å². The Bertz CT molecular complexity index is 531. The quantitative estimate of drug-likeness (QED) is 0.485. The maximum atomic E-state index is 13.0. The second-order valence-corrected chi connectivity index (χ2v) is 7.49. The number of alkyl halides is 1. The lowest BCUT2D eigenvalue weighted by atomic mass is 10.1. The fourth-order valence-electron chi connectivity index (χ4n) is 1.47. The van der Waals surface area contributed by atoms with E-state index in [9.17, 15) is 4.39 Å². The van der Waals surface area contributed by atoms with Crippen LogP contribution in [0.5, 0.6) is 0 Å². The predicted octanol–water partition coefficient (Wildman–Crippen LogP) is 6.20. The van der Waals surface area contributed by atoms with Crippen LogP contribution in [0.4, 0.5) is 4.39 Å². The Kier molecular flexibility index (Phi) is 4.45. The lowest BCUT2D eigenvalue weighted by molar-refractivity contribution is 0.626. The van der Waals surface area contributed by atoms with Gasteiger partial charge >= 0.3 is 0 Å². The zero-order valence-electron chi connectivity index (χ0n) is 8.81. The Morgan fingerprint density at radius 3 is 2.41 bits per heavy atom. The number of benzene rings is 1. The van der Waals surface area contributed by atoms with Crippen molar-refractivity contribution in [2.45, 2.75) is 11.8 Å². The van der Waals surface area contributed by atoms with Crippen molar-refractivity contribution < 1.29 is 4.39 Å². The molecule has 1 aromatic heterocycles. The first kappa shape index (κ1) is 13.7. The smallest absolute Gasteiger partial charge is 0.124 e. The van der Waals surface area contributed by atoms with E-state index in [-0.39, 0.29) is 10.6 Å². The van der Waals surface area contributed by atoms with Crippen LogP contribution in [-0.2, 0) is 0 Å². The van der Waals surface area contributed by atoms with E-state index in [4.69, 9.17) is 0 Å². The molecular weight excluding hydrogens is 435 g/mol. The molecule has 0 amide bonds. The third-order valence-corrected chi connectivity index (χ3v) is 6.54. The monoisotopic (exact) mass is 440 g/mol. The summed E-state index contributed by atoms with van der Waals surface area (Å²) in [5.41, 5.74) is 1.03. The molecule has 2 aromatic rings. The summed E-state index contributed by atoms with van der Waals surface area (Å²) in [7, 11) is 0. The van der Waals surface area contributed by atoms with E-state index in [0.29, 0.717) is 0 Å². The molecule has 17 heavy (non-hydrogen) atoms. The van der Waals surface area contributed by atoms with Gasteiger partial charge in [0.15, 0.2) is 0 Å². The van der Waals surface area contributed by atoms with Crippen LogP contribution in [0.15, 0.2) is 33.2 Å². The highest BCUT2D eigenvalue weighted by Gasteiger charge is 2.17. The fourth-order valence-corrected chi connectivity index (χ4v) is 4.72. The topological polar surface area (TPSA) is 0 Å². The molecule has 0 fully saturated rings. The third-order valence-electron chi connectivity index (χ3n) is 2.36. The Balaban J connectivity index is 2.39. The molecule has 0 radical (unpaired) electrons. The molecule has 2 rings (SSSR count). The van der Waals surface area contributed by atoms with Gasteiger partial charge in [0.05, 0.1) is 4.83 Å². The van der Waals surface area contributed by atoms with Gasteiger partial charge in [0.25, 0.3) is 0 Å². The highest BCUT2D eigenvalue weighted by molar-refractivity contribution is 9.11. The van der Waals surface area contributed by atoms with Gasteiger partial charge in [0, 0.05) is 18.7 Å². The van der Waals surface area contributed by atoms with Crippen LogP contribution in [0.25, 0.3) is 0 Å². The van der Waals surface area contributed by atoms with Crippen molar-refractivity contribution in [1.29, 1.82) is 0 Å². The van der Waals surface area contributed by atoms with E-state index in [2.05, 4.69) is 60.8 Å². The average Bonchev–Trinajstić information content (AvgIpc) is 2.58. The summed E-state index contributed by atoms with van der Waals surface area (Å²) in [6.45, 7) is 2.07. The second kappa shape index (κ2) is 5.51. The van der Waals surface area contributed by atoms with Crippen molar-refractivity contribution in [1.82, 2.24) is 0 Å². The van der Waals surface area contributed by atoms with Crippen LogP contribution in [0.3, 0.4) is 0 Å². The summed E-state index contributed by atoms with van der Waals surface area (Å²) in [6, 6.07) is 6.85. The highest BCUT2D eigenvalue weighted by atomic mass is 79.9. The Hall–Kier alpha value is 0.290. The SMILES string of the molecule is Cc1sc(C(Br)c2ccc(F)cc2Br)cc1Br. The molecule has 1 unspecified atom stereocenters. The van der Waals surface area contributed by atoms with Gasteiger partial charge in [-0.15, -0.1) is 11.3 Å². The number of halogens is 4. The molecule has 90 valence electrons. The van der Waals surface area contributed by atoms with Crippen LogP contribution in [0.1, 0.15) is 20.1 Å². The largest absolute Gasteiger partial charge is 0.207 e. The minimum Gasteiger partial charge on any atom is -0.207 e. The molecule has 5 heteroatoms. The van der Waals surface area contributed by atoms with Crippen LogP contribution in [0, 0.1) is 12.7 Å². The second-order valence-electron chi connectivity index (χ2n) is 3.58. The fraction of sp³-hybridized carbons (Fsp3) is 0.167. The van der Waals surface area contributed by atoms with Gasteiger partial charge in [0.2, 0.25) is 0 Å². The van der Waals surface area contributed by atoms with E-state index in [1.807, 2.05) is 0 Å². The summed E-state index contributed by atoms with van der Waals surface area (Å²) in [6.07, 6.45) is 0. The number of thiophene rings is 1. The van der Waals surface area contributed by atoms with Crippen molar-refractivity contribution in [3.63, 3.8) is 0 Å². The number of rotatable bonds is 2. The minimum atomic E-state index is -0.233. The van der Waals surface area contributed by atoms with Crippen molar-refractivity contribution in [2.75, 3.05) is 0 Å². The van der Waals surface area contributed by atoms with E-state index < -0.39 is 0 Å². The number of aryl methyl sites for hydroxylation is 1. The van der Waals surface area contributed by atoms with Crippen LogP contribution >= 0.6 is 59.1 Å². The summed E-state index contributed by atoms with van der Waals surface area (Å²) in [5.74, 6) is -0.233. The summed E-state index contributed by atoms with van der Waals surface area (Å²) in [5, 5.41) is 0. The molecule has 1 aromatic carbocycles.